The predicted octanol–water partition coefficient (Wildman–Crippen LogP) is 2.90. The highest BCUT2D eigenvalue weighted by Crippen LogP contribution is 2.14. The lowest BCUT2D eigenvalue weighted by Crippen LogP contribution is -2.20. The number of ether oxygens (including phenoxy) is 1. The van der Waals surface area contributed by atoms with Crippen LogP contribution < -0.4 is 10.5 Å². The molecule has 0 amide bonds. The smallest absolute Gasteiger partial charge is 0.119 e. The molecule has 0 heterocycles. The molecule has 0 aromatic heterocycles. The van der Waals surface area contributed by atoms with Crippen LogP contribution in [0.15, 0.2) is 24.3 Å². The Hall–Kier alpha value is -1.06. The zero-order chi connectivity index (χ0) is 13.9. The summed E-state index contributed by atoms with van der Waals surface area (Å²) in [5.41, 5.74) is 6.59. The second-order valence-corrected chi connectivity index (χ2v) is 4.98. The molecule has 1 aromatic carbocycles. The van der Waals surface area contributed by atoms with E-state index in [-0.39, 0.29) is 0 Å². The number of hydrogen-bond donors (Lipinski definition) is 2. The van der Waals surface area contributed by atoms with Crippen molar-refractivity contribution in [3.05, 3.63) is 29.8 Å². The number of unbranched alkanes of at least 4 members (excludes halogenated alkanes) is 3. The van der Waals surface area contributed by atoms with E-state index in [1.165, 1.54) is 24.8 Å². The minimum atomic E-state index is -0.394. The van der Waals surface area contributed by atoms with E-state index < -0.39 is 6.10 Å². The van der Waals surface area contributed by atoms with Gasteiger partial charge in [-0.05, 0) is 37.0 Å². The van der Waals surface area contributed by atoms with Crippen molar-refractivity contribution < 1.29 is 9.84 Å². The van der Waals surface area contributed by atoms with E-state index in [1.54, 1.807) is 0 Å². The summed E-state index contributed by atoms with van der Waals surface area (Å²) >= 11 is 0. The molecule has 0 aliphatic heterocycles. The molecule has 0 saturated carbocycles. The Bertz CT molecular complexity index is 324. The third-order valence-electron chi connectivity index (χ3n) is 3.23. The summed E-state index contributed by atoms with van der Waals surface area (Å²) in [4.78, 5) is 0. The van der Waals surface area contributed by atoms with Crippen LogP contribution in [-0.4, -0.2) is 24.4 Å². The van der Waals surface area contributed by atoms with Crippen LogP contribution in [0.1, 0.15) is 44.6 Å². The largest absolute Gasteiger partial charge is 0.494 e. The molecule has 3 nitrogen and oxygen atoms in total. The van der Waals surface area contributed by atoms with Crippen molar-refractivity contribution in [3.8, 4) is 5.75 Å². The molecule has 3 N–H and O–H groups in total. The number of rotatable bonds is 10. The molecule has 1 unspecified atom stereocenters. The zero-order valence-corrected chi connectivity index (χ0v) is 12.0. The summed E-state index contributed by atoms with van der Waals surface area (Å²) < 4.78 is 5.68. The summed E-state index contributed by atoms with van der Waals surface area (Å²) in [5.74, 6) is 0.930. The van der Waals surface area contributed by atoms with E-state index in [0.29, 0.717) is 13.0 Å². The normalized spacial score (nSPS) is 12.4. The highest BCUT2D eigenvalue weighted by Gasteiger charge is 2.02. The molecule has 0 bridgehead atoms. The summed E-state index contributed by atoms with van der Waals surface area (Å²) in [5, 5.41) is 9.41. The molecule has 0 aliphatic rings. The molecule has 1 rings (SSSR count). The zero-order valence-electron chi connectivity index (χ0n) is 12.0. The van der Waals surface area contributed by atoms with Crippen molar-refractivity contribution in [1.29, 1.82) is 0 Å². The van der Waals surface area contributed by atoms with Crippen LogP contribution >= 0.6 is 0 Å². The molecular weight excluding hydrogens is 238 g/mol. The SMILES string of the molecule is CCCCCCOc1ccc(CCC(O)CN)cc1. The fraction of sp³-hybridized carbons (Fsp3) is 0.625. The van der Waals surface area contributed by atoms with E-state index in [4.69, 9.17) is 10.5 Å². The Balaban J connectivity index is 2.23. The maximum atomic E-state index is 9.41. The Labute approximate surface area is 116 Å². The van der Waals surface area contributed by atoms with Gasteiger partial charge >= 0.3 is 0 Å². The van der Waals surface area contributed by atoms with Crippen molar-refractivity contribution in [1.82, 2.24) is 0 Å². The third-order valence-corrected chi connectivity index (χ3v) is 3.23. The first-order chi connectivity index (χ1) is 9.26. The molecule has 108 valence electrons. The molecule has 1 aromatic rings. The van der Waals surface area contributed by atoms with Gasteiger partial charge in [-0.1, -0.05) is 38.3 Å². The van der Waals surface area contributed by atoms with Crippen molar-refractivity contribution in [2.24, 2.45) is 5.73 Å². The number of aliphatic hydroxyl groups excluding tert-OH is 1. The quantitative estimate of drug-likeness (QED) is 0.640. The van der Waals surface area contributed by atoms with Crippen LogP contribution in [0.2, 0.25) is 0 Å². The van der Waals surface area contributed by atoms with Crippen LogP contribution in [0.4, 0.5) is 0 Å². The lowest BCUT2D eigenvalue weighted by atomic mass is 10.1. The number of aryl methyl sites for hydroxylation is 1. The molecule has 0 aliphatic carbocycles. The summed E-state index contributed by atoms with van der Waals surface area (Å²) in [6.45, 7) is 3.34. The molecular formula is C16H27NO2. The lowest BCUT2D eigenvalue weighted by Gasteiger charge is -2.09. The minimum Gasteiger partial charge on any atom is -0.494 e. The molecule has 0 radical (unpaired) electrons. The highest BCUT2D eigenvalue weighted by molar-refractivity contribution is 5.27. The van der Waals surface area contributed by atoms with Gasteiger partial charge in [-0.25, -0.2) is 0 Å². The molecule has 0 fully saturated rings. The van der Waals surface area contributed by atoms with Crippen LogP contribution in [0.3, 0.4) is 0 Å². The summed E-state index contributed by atoms with van der Waals surface area (Å²) in [7, 11) is 0. The van der Waals surface area contributed by atoms with Gasteiger partial charge in [0.1, 0.15) is 5.75 Å². The Morgan fingerprint density at radius 2 is 1.89 bits per heavy atom. The van der Waals surface area contributed by atoms with Gasteiger partial charge < -0.3 is 15.6 Å². The van der Waals surface area contributed by atoms with Crippen molar-refractivity contribution in [3.63, 3.8) is 0 Å². The lowest BCUT2D eigenvalue weighted by molar-refractivity contribution is 0.173. The first-order valence-electron chi connectivity index (χ1n) is 7.36. The van der Waals surface area contributed by atoms with Gasteiger partial charge in [-0.2, -0.15) is 0 Å². The average molecular weight is 265 g/mol. The van der Waals surface area contributed by atoms with Gasteiger partial charge in [0.2, 0.25) is 0 Å². The van der Waals surface area contributed by atoms with E-state index in [1.807, 2.05) is 12.1 Å². The van der Waals surface area contributed by atoms with Gasteiger partial charge in [0.15, 0.2) is 0 Å². The third kappa shape index (κ3) is 7.19. The second-order valence-electron chi connectivity index (χ2n) is 4.98. The standard InChI is InChI=1S/C16H27NO2/c1-2-3-4-5-12-19-16-10-7-14(8-11-16)6-9-15(18)13-17/h7-8,10-11,15,18H,2-6,9,12-13,17H2,1H3. The first kappa shape index (κ1) is 16.0. The van der Waals surface area contributed by atoms with E-state index in [0.717, 1.165) is 25.2 Å². The first-order valence-corrected chi connectivity index (χ1v) is 7.36. The van der Waals surface area contributed by atoms with E-state index in [2.05, 4.69) is 19.1 Å². The summed E-state index contributed by atoms with van der Waals surface area (Å²) in [6.07, 6.45) is 6.08. The van der Waals surface area contributed by atoms with Gasteiger partial charge in [0, 0.05) is 6.54 Å². The fourth-order valence-electron chi connectivity index (χ4n) is 1.92. The van der Waals surface area contributed by atoms with E-state index in [9.17, 15) is 5.11 Å². The number of aliphatic hydroxyl groups is 1. The maximum Gasteiger partial charge on any atom is 0.119 e. The molecule has 0 spiro atoms. The van der Waals surface area contributed by atoms with Crippen molar-refractivity contribution in [2.45, 2.75) is 51.6 Å². The van der Waals surface area contributed by atoms with Crippen molar-refractivity contribution in [2.75, 3.05) is 13.2 Å². The highest BCUT2D eigenvalue weighted by atomic mass is 16.5. The van der Waals surface area contributed by atoms with Gasteiger partial charge in [0.25, 0.3) is 0 Å². The average Bonchev–Trinajstić information content (AvgIpc) is 2.45. The number of nitrogens with two attached hydrogens (primary N) is 1. The Morgan fingerprint density at radius 1 is 1.16 bits per heavy atom. The number of hydrogen-bond acceptors (Lipinski definition) is 3. The predicted molar refractivity (Wildman–Crippen MR) is 79.5 cm³/mol. The summed E-state index contributed by atoms with van der Waals surface area (Å²) in [6, 6.07) is 8.13. The van der Waals surface area contributed by atoms with Gasteiger partial charge in [-0.3, -0.25) is 0 Å². The Morgan fingerprint density at radius 3 is 2.53 bits per heavy atom. The second kappa shape index (κ2) is 9.82. The minimum absolute atomic E-state index is 0.332. The topological polar surface area (TPSA) is 55.5 Å². The van der Waals surface area contributed by atoms with Crippen molar-refractivity contribution >= 4 is 0 Å². The monoisotopic (exact) mass is 265 g/mol. The number of benzene rings is 1. The van der Waals surface area contributed by atoms with Crippen LogP contribution in [0, 0.1) is 0 Å². The fourth-order valence-corrected chi connectivity index (χ4v) is 1.92. The Kier molecular flexibility index (Phi) is 8.26. The molecule has 3 heteroatoms. The van der Waals surface area contributed by atoms with Crippen LogP contribution in [0.25, 0.3) is 0 Å². The van der Waals surface area contributed by atoms with Gasteiger partial charge in [-0.15, -0.1) is 0 Å². The van der Waals surface area contributed by atoms with Crippen LogP contribution in [-0.2, 0) is 6.42 Å². The van der Waals surface area contributed by atoms with E-state index >= 15 is 0 Å². The molecule has 0 saturated heterocycles. The molecule has 19 heavy (non-hydrogen) atoms. The van der Waals surface area contributed by atoms with Gasteiger partial charge in [0.05, 0.1) is 12.7 Å². The maximum absolute atomic E-state index is 9.41. The molecule has 1 atom stereocenters. The van der Waals surface area contributed by atoms with Crippen LogP contribution in [0.5, 0.6) is 5.75 Å².